The highest BCUT2D eigenvalue weighted by Gasteiger charge is 2.69. The van der Waals surface area contributed by atoms with Crippen molar-refractivity contribution in [2.24, 2.45) is 0 Å². The molecule has 1 unspecified atom stereocenters. The first-order chi connectivity index (χ1) is 13.5. The maximum Gasteiger partial charge on any atom is 0.425 e. The van der Waals surface area contributed by atoms with Gasteiger partial charge in [0.1, 0.15) is 17.2 Å². The zero-order valence-electron chi connectivity index (χ0n) is 14.5. The van der Waals surface area contributed by atoms with E-state index in [2.05, 4.69) is 4.74 Å². The molecule has 0 saturated heterocycles. The summed E-state index contributed by atoms with van der Waals surface area (Å²) in [6, 6.07) is 3.94. The van der Waals surface area contributed by atoms with E-state index in [1.54, 1.807) is 4.98 Å². The molecule has 3 N–H and O–H groups in total. The number of aromatic amines is 1. The van der Waals surface area contributed by atoms with Crippen molar-refractivity contribution in [1.82, 2.24) is 14.9 Å². The first-order valence-corrected chi connectivity index (χ1v) is 8.01. The molecule has 1 atom stereocenters. The molecule has 1 aliphatic rings. The van der Waals surface area contributed by atoms with Crippen LogP contribution < -0.4 is 21.9 Å². The van der Waals surface area contributed by atoms with Gasteiger partial charge >= 0.3 is 18.0 Å². The highest BCUT2D eigenvalue weighted by Crippen LogP contribution is 2.45. The second-order valence-electron chi connectivity index (χ2n) is 5.84. The first-order valence-electron chi connectivity index (χ1n) is 8.01. The summed E-state index contributed by atoms with van der Waals surface area (Å²) in [5.41, 5.74) is -7.94. The number of benzene rings is 1. The van der Waals surface area contributed by atoms with Gasteiger partial charge in [-0.1, -0.05) is 0 Å². The minimum absolute atomic E-state index is 0.140. The average molecular weight is 416 g/mol. The zero-order valence-corrected chi connectivity index (χ0v) is 14.5. The fourth-order valence-electron chi connectivity index (χ4n) is 2.93. The predicted molar refractivity (Wildman–Crippen MR) is 89.1 cm³/mol. The Kier molecular flexibility index (Phi) is 4.68. The minimum atomic E-state index is -5.48. The van der Waals surface area contributed by atoms with Crippen LogP contribution >= 0.6 is 0 Å². The van der Waals surface area contributed by atoms with Crippen molar-refractivity contribution in [1.29, 1.82) is 0 Å². The monoisotopic (exact) mass is 416 g/mol. The van der Waals surface area contributed by atoms with E-state index in [4.69, 9.17) is 0 Å². The number of H-pyrrole nitrogens is 1. The number of alkyl carbamates (subject to hydrolysis) is 1. The van der Waals surface area contributed by atoms with E-state index >= 15 is 0 Å². The number of ether oxygens (including phenoxy) is 1. The number of nitrogens with zero attached hydrogens (tertiary/aromatic N) is 1. The average Bonchev–Trinajstić information content (AvgIpc) is 2.90. The summed E-state index contributed by atoms with van der Waals surface area (Å²) in [6.45, 7) is 1.02. The van der Waals surface area contributed by atoms with Gasteiger partial charge in [-0.25, -0.2) is 18.5 Å². The largest absolute Gasteiger partial charge is 0.450 e. The van der Waals surface area contributed by atoms with Gasteiger partial charge in [0.2, 0.25) is 0 Å². The van der Waals surface area contributed by atoms with Gasteiger partial charge in [-0.05, 0) is 31.2 Å². The number of halogens is 4. The standard InChI is InChI=1S/C16H12F4N4O5/c1-2-29-14(28)23-15(16(18,19)20)9-10(21-12(15)26)24(13(27)22-11(9)25)8-5-3-7(17)4-6-8/h3-6H,2H2,1H3,(H,21,26)(H,23,28)(H,22,25,27). The molecule has 0 radical (unpaired) electrons. The molecule has 3 rings (SSSR count). The van der Waals surface area contributed by atoms with Crippen LogP contribution in [0.4, 0.5) is 28.2 Å². The third-order valence-corrected chi connectivity index (χ3v) is 4.13. The fraction of sp³-hybridized carbons (Fsp3) is 0.250. The molecule has 1 aromatic heterocycles. The number of carbonyl (C=O) groups is 2. The van der Waals surface area contributed by atoms with Crippen molar-refractivity contribution >= 4 is 17.8 Å². The molecule has 13 heteroatoms. The van der Waals surface area contributed by atoms with Crippen LogP contribution in [0.5, 0.6) is 0 Å². The lowest BCUT2D eigenvalue weighted by atomic mass is 9.92. The molecule has 0 bridgehead atoms. The Hall–Kier alpha value is -3.64. The zero-order chi connectivity index (χ0) is 21.6. The SMILES string of the molecule is CCOC(=O)NC1(C(F)(F)F)C(=O)Nc2c1c(=O)[nH]c(=O)n2-c1ccc(F)cc1. The van der Waals surface area contributed by atoms with Crippen molar-refractivity contribution < 1.29 is 31.9 Å². The van der Waals surface area contributed by atoms with E-state index in [1.807, 2.05) is 5.32 Å². The number of fused-ring (bicyclic) bond motifs is 1. The number of hydrogen-bond donors (Lipinski definition) is 3. The molecule has 1 aliphatic heterocycles. The van der Waals surface area contributed by atoms with Crippen molar-refractivity contribution in [3.05, 3.63) is 56.5 Å². The van der Waals surface area contributed by atoms with E-state index in [9.17, 15) is 36.7 Å². The third kappa shape index (κ3) is 3.03. The number of aromatic nitrogens is 2. The number of amides is 2. The minimum Gasteiger partial charge on any atom is -0.450 e. The van der Waals surface area contributed by atoms with Crippen molar-refractivity contribution in [3.63, 3.8) is 0 Å². The number of anilines is 1. The van der Waals surface area contributed by atoms with E-state index in [-0.39, 0.29) is 12.3 Å². The van der Waals surface area contributed by atoms with Crippen LogP contribution in [0.15, 0.2) is 33.9 Å². The summed E-state index contributed by atoms with van der Waals surface area (Å²) in [5, 5.41) is 3.22. The maximum atomic E-state index is 14.0. The lowest BCUT2D eigenvalue weighted by Crippen LogP contribution is -2.62. The van der Waals surface area contributed by atoms with E-state index in [0.717, 1.165) is 24.3 Å². The molecule has 29 heavy (non-hydrogen) atoms. The summed E-state index contributed by atoms with van der Waals surface area (Å²) >= 11 is 0. The molecule has 2 amide bonds. The molecule has 0 fully saturated rings. The summed E-state index contributed by atoms with van der Waals surface area (Å²) < 4.78 is 60.1. The maximum absolute atomic E-state index is 14.0. The second kappa shape index (κ2) is 6.76. The summed E-state index contributed by atoms with van der Waals surface area (Å²) in [6.07, 6.45) is -7.08. The van der Waals surface area contributed by atoms with Crippen molar-refractivity contribution in [3.8, 4) is 5.69 Å². The second-order valence-corrected chi connectivity index (χ2v) is 5.84. The molecule has 1 aromatic carbocycles. The quantitative estimate of drug-likeness (QED) is 0.648. The fourth-order valence-corrected chi connectivity index (χ4v) is 2.93. The molecule has 2 heterocycles. The first kappa shape index (κ1) is 20.1. The van der Waals surface area contributed by atoms with E-state index < -0.39 is 52.2 Å². The molecule has 2 aromatic rings. The van der Waals surface area contributed by atoms with E-state index in [0.29, 0.717) is 4.57 Å². The highest BCUT2D eigenvalue weighted by atomic mass is 19.4. The number of hydrogen-bond acceptors (Lipinski definition) is 5. The van der Waals surface area contributed by atoms with Crippen LogP contribution in [0, 0.1) is 5.82 Å². The van der Waals surface area contributed by atoms with Crippen LogP contribution in [0.1, 0.15) is 12.5 Å². The molecule has 0 spiro atoms. The van der Waals surface area contributed by atoms with Crippen LogP contribution in [0.3, 0.4) is 0 Å². The number of rotatable bonds is 3. The Balaban J connectivity index is 2.34. The molecule has 154 valence electrons. The van der Waals surface area contributed by atoms with Gasteiger partial charge in [-0.15, -0.1) is 0 Å². The summed E-state index contributed by atoms with van der Waals surface area (Å²) in [5.74, 6) is -3.33. The smallest absolute Gasteiger partial charge is 0.425 e. The van der Waals surface area contributed by atoms with Crippen molar-refractivity contribution in [2.45, 2.75) is 18.6 Å². The van der Waals surface area contributed by atoms with Gasteiger partial charge < -0.3 is 10.1 Å². The Morgan fingerprint density at radius 3 is 2.38 bits per heavy atom. The van der Waals surface area contributed by atoms with Crippen LogP contribution in [0.25, 0.3) is 5.69 Å². The van der Waals surface area contributed by atoms with Gasteiger partial charge in [0.25, 0.3) is 17.0 Å². The van der Waals surface area contributed by atoms with Crippen LogP contribution in [-0.2, 0) is 15.1 Å². The molecule has 9 nitrogen and oxygen atoms in total. The van der Waals surface area contributed by atoms with Gasteiger partial charge in [0, 0.05) is 0 Å². The van der Waals surface area contributed by atoms with E-state index in [1.165, 1.54) is 12.2 Å². The Labute approximate surface area is 158 Å². The number of carbonyl (C=O) groups excluding carboxylic acids is 2. The van der Waals surface area contributed by atoms with Crippen molar-refractivity contribution in [2.75, 3.05) is 11.9 Å². The lowest BCUT2D eigenvalue weighted by Gasteiger charge is -2.29. The Morgan fingerprint density at radius 2 is 1.83 bits per heavy atom. The Morgan fingerprint density at radius 1 is 1.21 bits per heavy atom. The normalized spacial score (nSPS) is 18.2. The highest BCUT2D eigenvalue weighted by molar-refractivity contribution is 6.07. The van der Waals surface area contributed by atoms with Crippen LogP contribution in [-0.4, -0.2) is 34.3 Å². The van der Waals surface area contributed by atoms with Crippen LogP contribution in [0.2, 0.25) is 0 Å². The third-order valence-electron chi connectivity index (χ3n) is 4.13. The topological polar surface area (TPSA) is 122 Å². The molecule has 0 aliphatic carbocycles. The van der Waals surface area contributed by atoms with Gasteiger partial charge in [0.05, 0.1) is 12.3 Å². The summed E-state index contributed by atoms with van der Waals surface area (Å²) in [7, 11) is 0. The van der Waals surface area contributed by atoms with Gasteiger partial charge in [-0.3, -0.25) is 19.9 Å². The lowest BCUT2D eigenvalue weighted by molar-refractivity contribution is -0.197. The molecule has 0 saturated carbocycles. The van der Waals surface area contributed by atoms with Gasteiger partial charge in [0.15, 0.2) is 0 Å². The number of alkyl halides is 3. The molecular formula is C16H12F4N4O5. The summed E-state index contributed by atoms with van der Waals surface area (Å²) in [4.78, 5) is 50.4. The predicted octanol–water partition coefficient (Wildman–Crippen LogP) is 1.12. The molecular weight excluding hydrogens is 404 g/mol. The van der Waals surface area contributed by atoms with Gasteiger partial charge in [-0.2, -0.15) is 13.2 Å². The number of nitrogens with one attached hydrogen (secondary N) is 3. The Bertz CT molecular complexity index is 1110.